The number of esters is 1. The normalized spacial score (nSPS) is 10.1. The van der Waals surface area contributed by atoms with Crippen LogP contribution in [0, 0.1) is 0 Å². The van der Waals surface area contributed by atoms with Crippen molar-refractivity contribution in [2.75, 3.05) is 13.2 Å². The number of benzene rings is 1. The molecule has 0 spiro atoms. The van der Waals surface area contributed by atoms with Crippen molar-refractivity contribution < 1.29 is 19.4 Å². The lowest BCUT2D eigenvalue weighted by Gasteiger charge is -2.05. The van der Waals surface area contributed by atoms with Gasteiger partial charge in [0, 0.05) is 13.1 Å². The summed E-state index contributed by atoms with van der Waals surface area (Å²) in [7, 11) is 0. The van der Waals surface area contributed by atoms with Crippen molar-refractivity contribution in [1.82, 2.24) is 5.32 Å². The zero-order valence-electron chi connectivity index (χ0n) is 10.3. The summed E-state index contributed by atoms with van der Waals surface area (Å²) in [6.07, 6.45) is 0.312. The van der Waals surface area contributed by atoms with Gasteiger partial charge in [-0.3, -0.25) is 4.79 Å². The molecule has 0 bridgehead atoms. The number of carboxylic acids is 1. The van der Waals surface area contributed by atoms with Crippen LogP contribution in [-0.4, -0.2) is 30.2 Å². The van der Waals surface area contributed by atoms with Crippen LogP contribution in [0.4, 0.5) is 0 Å². The van der Waals surface area contributed by atoms with E-state index in [9.17, 15) is 9.59 Å². The smallest absolute Gasteiger partial charge is 0.335 e. The fraction of sp³-hybridized carbons (Fsp3) is 0.385. The summed E-state index contributed by atoms with van der Waals surface area (Å²) >= 11 is 0. The molecule has 0 radical (unpaired) electrons. The monoisotopic (exact) mass is 251 g/mol. The highest BCUT2D eigenvalue weighted by molar-refractivity contribution is 5.87. The predicted octanol–water partition coefficient (Wildman–Crippen LogP) is 1.43. The summed E-state index contributed by atoms with van der Waals surface area (Å²) in [4.78, 5) is 21.8. The minimum atomic E-state index is -0.941. The fourth-order valence-corrected chi connectivity index (χ4v) is 1.47. The fourth-order valence-electron chi connectivity index (χ4n) is 1.47. The van der Waals surface area contributed by atoms with Gasteiger partial charge in [-0.2, -0.15) is 0 Å². The van der Waals surface area contributed by atoms with E-state index in [1.165, 1.54) is 0 Å². The van der Waals surface area contributed by atoms with Crippen LogP contribution in [0.25, 0.3) is 0 Å². The van der Waals surface area contributed by atoms with Gasteiger partial charge in [-0.15, -0.1) is 0 Å². The van der Waals surface area contributed by atoms with Crippen molar-refractivity contribution >= 4 is 11.9 Å². The van der Waals surface area contributed by atoms with Gasteiger partial charge in [0.1, 0.15) is 0 Å². The van der Waals surface area contributed by atoms with E-state index in [-0.39, 0.29) is 11.5 Å². The van der Waals surface area contributed by atoms with Gasteiger partial charge >= 0.3 is 11.9 Å². The molecule has 5 nitrogen and oxygen atoms in total. The first-order valence-electron chi connectivity index (χ1n) is 5.82. The van der Waals surface area contributed by atoms with Crippen LogP contribution in [0.3, 0.4) is 0 Å². The molecule has 0 aliphatic carbocycles. The molecule has 0 amide bonds. The molecule has 0 heterocycles. The molecular weight excluding hydrogens is 234 g/mol. The number of rotatable bonds is 7. The summed E-state index contributed by atoms with van der Waals surface area (Å²) in [5.41, 5.74) is 1.14. The molecule has 0 aliphatic rings. The molecule has 2 N–H and O–H groups in total. The largest absolute Gasteiger partial charge is 0.478 e. The average Bonchev–Trinajstić information content (AvgIpc) is 2.35. The summed E-state index contributed by atoms with van der Waals surface area (Å²) in [5, 5.41) is 11.9. The zero-order valence-corrected chi connectivity index (χ0v) is 10.3. The lowest BCUT2D eigenvalue weighted by Crippen LogP contribution is -2.19. The minimum absolute atomic E-state index is 0.232. The molecule has 1 aromatic rings. The zero-order chi connectivity index (χ0) is 13.4. The number of carbonyl (C=O) groups is 2. The maximum Gasteiger partial charge on any atom is 0.335 e. The predicted molar refractivity (Wildman–Crippen MR) is 66.4 cm³/mol. The van der Waals surface area contributed by atoms with Crippen LogP contribution < -0.4 is 5.32 Å². The highest BCUT2D eigenvalue weighted by Gasteiger charge is 2.03. The Morgan fingerprint density at radius 3 is 2.83 bits per heavy atom. The maximum atomic E-state index is 11.1. The summed E-state index contributed by atoms with van der Waals surface area (Å²) in [6.45, 7) is 3.19. The van der Waals surface area contributed by atoms with Crippen molar-refractivity contribution in [2.24, 2.45) is 0 Å². The first kappa shape index (κ1) is 14.2. The van der Waals surface area contributed by atoms with E-state index in [0.29, 0.717) is 26.1 Å². The standard InChI is InChI=1S/C13H17NO4/c1-2-18-12(15)6-7-14-9-10-4-3-5-11(8-10)13(16)17/h3-5,8,14H,2,6-7,9H2,1H3,(H,16,17). The number of ether oxygens (including phenoxy) is 1. The summed E-state index contributed by atoms with van der Waals surface area (Å²) in [6, 6.07) is 6.69. The number of aromatic carboxylic acids is 1. The Kier molecular flexibility index (Phi) is 5.87. The Balaban J connectivity index is 2.33. The van der Waals surface area contributed by atoms with E-state index in [4.69, 9.17) is 9.84 Å². The van der Waals surface area contributed by atoms with Crippen LogP contribution in [0.2, 0.25) is 0 Å². The van der Waals surface area contributed by atoms with Gasteiger partial charge in [0.25, 0.3) is 0 Å². The highest BCUT2D eigenvalue weighted by atomic mass is 16.5. The molecule has 98 valence electrons. The number of carbonyl (C=O) groups excluding carboxylic acids is 1. The Bertz CT molecular complexity index is 417. The van der Waals surface area contributed by atoms with Gasteiger partial charge in [-0.05, 0) is 24.6 Å². The molecule has 0 aromatic heterocycles. The molecule has 0 unspecified atom stereocenters. The Labute approximate surface area is 106 Å². The second kappa shape index (κ2) is 7.45. The Hall–Kier alpha value is -1.88. The van der Waals surface area contributed by atoms with Crippen LogP contribution in [0.15, 0.2) is 24.3 Å². The molecule has 0 saturated heterocycles. The Morgan fingerprint density at radius 2 is 2.17 bits per heavy atom. The highest BCUT2D eigenvalue weighted by Crippen LogP contribution is 2.05. The molecule has 0 atom stereocenters. The number of carboxylic acid groups (broad SMARTS) is 1. The lowest BCUT2D eigenvalue weighted by atomic mass is 10.1. The van der Waals surface area contributed by atoms with E-state index >= 15 is 0 Å². The van der Waals surface area contributed by atoms with Crippen LogP contribution in [-0.2, 0) is 16.1 Å². The Morgan fingerprint density at radius 1 is 1.39 bits per heavy atom. The van der Waals surface area contributed by atoms with Gasteiger partial charge in [0.2, 0.25) is 0 Å². The third-order valence-corrected chi connectivity index (χ3v) is 2.31. The summed E-state index contributed by atoms with van der Waals surface area (Å²) in [5.74, 6) is -1.17. The molecular formula is C13H17NO4. The SMILES string of the molecule is CCOC(=O)CCNCc1cccc(C(=O)O)c1. The summed E-state index contributed by atoms with van der Waals surface area (Å²) < 4.78 is 4.79. The molecule has 5 heteroatoms. The van der Waals surface area contributed by atoms with Gasteiger partial charge < -0.3 is 15.2 Å². The maximum absolute atomic E-state index is 11.1. The van der Waals surface area contributed by atoms with E-state index in [2.05, 4.69) is 5.32 Å². The van der Waals surface area contributed by atoms with E-state index in [0.717, 1.165) is 5.56 Å². The van der Waals surface area contributed by atoms with Crippen molar-refractivity contribution in [3.63, 3.8) is 0 Å². The van der Waals surface area contributed by atoms with E-state index < -0.39 is 5.97 Å². The topological polar surface area (TPSA) is 75.6 Å². The molecule has 1 aromatic carbocycles. The van der Waals surface area contributed by atoms with Gasteiger partial charge in [0.05, 0.1) is 18.6 Å². The van der Waals surface area contributed by atoms with Gasteiger partial charge in [-0.1, -0.05) is 12.1 Å². The van der Waals surface area contributed by atoms with Crippen LogP contribution in [0.5, 0.6) is 0 Å². The quantitative estimate of drug-likeness (QED) is 0.566. The third kappa shape index (κ3) is 4.97. The lowest BCUT2D eigenvalue weighted by molar-refractivity contribution is -0.142. The molecule has 18 heavy (non-hydrogen) atoms. The first-order valence-corrected chi connectivity index (χ1v) is 5.82. The molecule has 0 saturated carbocycles. The van der Waals surface area contributed by atoms with Gasteiger partial charge in [0.15, 0.2) is 0 Å². The van der Waals surface area contributed by atoms with E-state index in [1.807, 2.05) is 6.07 Å². The number of hydrogen-bond donors (Lipinski definition) is 2. The van der Waals surface area contributed by atoms with Crippen molar-refractivity contribution in [1.29, 1.82) is 0 Å². The number of hydrogen-bond acceptors (Lipinski definition) is 4. The second-order valence-corrected chi connectivity index (χ2v) is 3.74. The van der Waals surface area contributed by atoms with E-state index in [1.54, 1.807) is 25.1 Å². The molecule has 0 fully saturated rings. The van der Waals surface area contributed by atoms with Crippen molar-refractivity contribution in [3.8, 4) is 0 Å². The average molecular weight is 251 g/mol. The van der Waals surface area contributed by atoms with Gasteiger partial charge in [-0.25, -0.2) is 4.79 Å². The molecule has 0 aliphatic heterocycles. The number of nitrogens with one attached hydrogen (secondary N) is 1. The third-order valence-electron chi connectivity index (χ3n) is 2.31. The minimum Gasteiger partial charge on any atom is -0.478 e. The second-order valence-electron chi connectivity index (χ2n) is 3.74. The van der Waals surface area contributed by atoms with Crippen molar-refractivity contribution in [3.05, 3.63) is 35.4 Å². The molecule has 1 rings (SSSR count). The first-order chi connectivity index (χ1) is 8.63. The van der Waals surface area contributed by atoms with Crippen molar-refractivity contribution in [2.45, 2.75) is 19.9 Å². The van der Waals surface area contributed by atoms with Crippen LogP contribution >= 0.6 is 0 Å². The van der Waals surface area contributed by atoms with Crippen LogP contribution in [0.1, 0.15) is 29.3 Å².